The van der Waals surface area contributed by atoms with E-state index >= 15 is 0 Å². The lowest BCUT2D eigenvalue weighted by Gasteiger charge is -2.12. The lowest BCUT2D eigenvalue weighted by molar-refractivity contribution is -0.126. The van der Waals surface area contributed by atoms with E-state index in [4.69, 9.17) is 16.3 Å². The zero-order chi connectivity index (χ0) is 19.1. The van der Waals surface area contributed by atoms with Crippen LogP contribution in [0.15, 0.2) is 36.4 Å². The molecule has 0 fully saturated rings. The van der Waals surface area contributed by atoms with Crippen LogP contribution in [0.5, 0.6) is 5.75 Å². The van der Waals surface area contributed by atoms with Gasteiger partial charge in [0.25, 0.3) is 0 Å². The third-order valence-electron chi connectivity index (χ3n) is 3.75. The van der Waals surface area contributed by atoms with Crippen molar-refractivity contribution in [1.82, 2.24) is 5.32 Å². The second-order valence-electron chi connectivity index (χ2n) is 5.72. The molecule has 7 heteroatoms. The van der Waals surface area contributed by atoms with Crippen LogP contribution in [0.1, 0.15) is 17.5 Å². The highest BCUT2D eigenvalue weighted by atomic mass is 35.5. The van der Waals surface area contributed by atoms with Crippen molar-refractivity contribution in [2.75, 3.05) is 19.0 Å². The summed E-state index contributed by atoms with van der Waals surface area (Å²) in [6.07, 6.45) is 0.00628. The first-order chi connectivity index (χ1) is 12.4. The number of nitrogens with one attached hydrogen (secondary N) is 2. The van der Waals surface area contributed by atoms with E-state index in [1.165, 1.54) is 13.2 Å². The van der Waals surface area contributed by atoms with E-state index in [0.29, 0.717) is 28.4 Å². The maximum Gasteiger partial charge on any atom is 0.233 e. The smallest absolute Gasteiger partial charge is 0.233 e. The van der Waals surface area contributed by atoms with Gasteiger partial charge in [0.2, 0.25) is 11.8 Å². The van der Waals surface area contributed by atoms with Gasteiger partial charge in [0.05, 0.1) is 12.8 Å². The van der Waals surface area contributed by atoms with E-state index in [9.17, 15) is 14.0 Å². The van der Waals surface area contributed by atoms with E-state index in [0.717, 1.165) is 5.56 Å². The molecule has 0 unspecified atom stereocenters. The minimum atomic E-state index is -0.478. The number of amides is 2. The largest absolute Gasteiger partial charge is 0.495 e. The molecule has 0 saturated heterocycles. The molecular weight excluding hydrogens is 359 g/mol. The summed E-state index contributed by atoms with van der Waals surface area (Å²) in [6.45, 7) is 2.04. The third-order valence-corrected chi connectivity index (χ3v) is 4.16. The van der Waals surface area contributed by atoms with Gasteiger partial charge in [0.1, 0.15) is 18.0 Å². The predicted octanol–water partition coefficient (Wildman–Crippen LogP) is 3.48. The van der Waals surface area contributed by atoms with Gasteiger partial charge >= 0.3 is 0 Å². The van der Waals surface area contributed by atoms with E-state index < -0.39 is 11.8 Å². The van der Waals surface area contributed by atoms with Crippen molar-refractivity contribution in [1.29, 1.82) is 0 Å². The van der Waals surface area contributed by atoms with Crippen molar-refractivity contribution in [2.24, 2.45) is 0 Å². The van der Waals surface area contributed by atoms with Crippen LogP contribution in [-0.2, 0) is 16.0 Å². The van der Waals surface area contributed by atoms with Gasteiger partial charge in [-0.25, -0.2) is 4.39 Å². The molecule has 2 aromatic carbocycles. The number of ether oxygens (including phenoxy) is 1. The van der Waals surface area contributed by atoms with Crippen LogP contribution in [0.3, 0.4) is 0 Å². The van der Waals surface area contributed by atoms with Crippen LogP contribution in [0.4, 0.5) is 10.1 Å². The van der Waals surface area contributed by atoms with Crippen LogP contribution in [0.2, 0.25) is 5.02 Å². The Balaban J connectivity index is 1.85. The molecule has 2 aromatic rings. The van der Waals surface area contributed by atoms with Crippen molar-refractivity contribution >= 4 is 29.1 Å². The summed E-state index contributed by atoms with van der Waals surface area (Å²) in [5.74, 6) is -0.824. The summed E-state index contributed by atoms with van der Waals surface area (Å²) in [7, 11) is 1.46. The monoisotopic (exact) mass is 378 g/mol. The van der Waals surface area contributed by atoms with Crippen LogP contribution < -0.4 is 15.4 Å². The number of carbonyl (C=O) groups is 2. The Hall–Kier alpha value is -2.60. The first-order valence-corrected chi connectivity index (χ1v) is 8.42. The molecule has 2 rings (SSSR count). The molecule has 0 bridgehead atoms. The maximum atomic E-state index is 13.5. The van der Waals surface area contributed by atoms with Crippen molar-refractivity contribution in [3.63, 3.8) is 0 Å². The molecule has 2 N–H and O–H groups in total. The SMILES string of the molecule is COc1cc(Cl)c(C)cc1NC(=O)CC(=O)NCCc1ccccc1F. The number of anilines is 1. The molecule has 0 aliphatic heterocycles. The quantitative estimate of drug-likeness (QED) is 0.725. The molecule has 0 aliphatic carbocycles. The fourth-order valence-corrected chi connectivity index (χ4v) is 2.52. The standard InChI is InChI=1S/C19H20ClFN2O3/c1-12-9-16(17(26-2)10-14(12)20)23-19(25)11-18(24)22-8-7-13-5-3-4-6-15(13)21/h3-6,9-10H,7-8,11H2,1-2H3,(H,22,24)(H,23,25). The molecule has 2 amide bonds. The Labute approximate surface area is 156 Å². The number of hydrogen-bond acceptors (Lipinski definition) is 3. The Morgan fingerprint density at radius 3 is 2.62 bits per heavy atom. The van der Waals surface area contributed by atoms with E-state index in [1.807, 2.05) is 0 Å². The summed E-state index contributed by atoms with van der Waals surface area (Å²) in [6, 6.07) is 9.63. The number of carbonyl (C=O) groups excluding carboxylic acids is 2. The second-order valence-corrected chi connectivity index (χ2v) is 6.13. The summed E-state index contributed by atoms with van der Waals surface area (Å²) >= 11 is 6.02. The van der Waals surface area contributed by atoms with Gasteiger partial charge in [-0.2, -0.15) is 0 Å². The van der Waals surface area contributed by atoms with Crippen LogP contribution in [-0.4, -0.2) is 25.5 Å². The molecule has 0 aliphatic rings. The van der Waals surface area contributed by atoms with Gasteiger partial charge in [-0.05, 0) is 36.6 Å². The zero-order valence-electron chi connectivity index (χ0n) is 14.6. The summed E-state index contributed by atoms with van der Waals surface area (Å²) in [5.41, 5.74) is 1.73. The minimum Gasteiger partial charge on any atom is -0.495 e. The molecule has 138 valence electrons. The lowest BCUT2D eigenvalue weighted by atomic mass is 10.1. The highest BCUT2D eigenvalue weighted by Gasteiger charge is 2.13. The Morgan fingerprint density at radius 2 is 1.92 bits per heavy atom. The number of rotatable bonds is 7. The van der Waals surface area contributed by atoms with Crippen molar-refractivity contribution < 1.29 is 18.7 Å². The van der Waals surface area contributed by atoms with Crippen LogP contribution >= 0.6 is 11.6 Å². The van der Waals surface area contributed by atoms with Gasteiger partial charge < -0.3 is 15.4 Å². The van der Waals surface area contributed by atoms with Gasteiger partial charge in [0, 0.05) is 17.6 Å². The van der Waals surface area contributed by atoms with Gasteiger partial charge in [-0.15, -0.1) is 0 Å². The van der Waals surface area contributed by atoms with Crippen molar-refractivity contribution in [2.45, 2.75) is 19.8 Å². The molecular formula is C19H20ClFN2O3. The molecule has 5 nitrogen and oxygen atoms in total. The van der Waals surface area contributed by atoms with Crippen LogP contribution in [0.25, 0.3) is 0 Å². The number of methoxy groups -OCH3 is 1. The molecule has 0 aromatic heterocycles. The predicted molar refractivity (Wildman–Crippen MR) is 99.1 cm³/mol. The molecule has 0 radical (unpaired) electrons. The third kappa shape index (κ3) is 5.46. The minimum absolute atomic E-state index is 0.246. The fourth-order valence-electron chi connectivity index (χ4n) is 2.37. The van der Waals surface area contributed by atoms with E-state index in [1.54, 1.807) is 37.3 Å². The number of hydrogen-bond donors (Lipinski definition) is 2. The zero-order valence-corrected chi connectivity index (χ0v) is 15.3. The Morgan fingerprint density at radius 1 is 1.19 bits per heavy atom. The highest BCUT2D eigenvalue weighted by molar-refractivity contribution is 6.31. The second kappa shape index (κ2) is 9.20. The topological polar surface area (TPSA) is 67.4 Å². The molecule has 0 atom stereocenters. The summed E-state index contributed by atoms with van der Waals surface area (Å²) in [5, 5.41) is 5.76. The van der Waals surface area contributed by atoms with Gasteiger partial charge in [-0.1, -0.05) is 29.8 Å². The average molecular weight is 379 g/mol. The first-order valence-electron chi connectivity index (χ1n) is 8.04. The highest BCUT2D eigenvalue weighted by Crippen LogP contribution is 2.30. The average Bonchev–Trinajstić information content (AvgIpc) is 2.59. The van der Waals surface area contributed by atoms with Crippen molar-refractivity contribution in [3.8, 4) is 5.75 Å². The molecule has 0 saturated carbocycles. The number of halogens is 2. The number of benzene rings is 2. The molecule has 0 heterocycles. The summed E-state index contributed by atoms with van der Waals surface area (Å²) in [4.78, 5) is 23.9. The molecule has 0 spiro atoms. The summed E-state index contributed by atoms with van der Waals surface area (Å²) < 4.78 is 18.7. The number of aryl methyl sites for hydroxylation is 1. The first kappa shape index (κ1) is 19.7. The molecule has 26 heavy (non-hydrogen) atoms. The lowest BCUT2D eigenvalue weighted by Crippen LogP contribution is -2.29. The van der Waals surface area contributed by atoms with Gasteiger partial charge in [-0.3, -0.25) is 9.59 Å². The maximum absolute atomic E-state index is 13.5. The van der Waals surface area contributed by atoms with E-state index in [2.05, 4.69) is 10.6 Å². The Bertz CT molecular complexity index is 811. The van der Waals surface area contributed by atoms with E-state index in [-0.39, 0.29) is 18.8 Å². The fraction of sp³-hybridized carbons (Fsp3) is 0.263. The van der Waals surface area contributed by atoms with Crippen molar-refractivity contribution in [3.05, 3.63) is 58.4 Å². The van der Waals surface area contributed by atoms with Gasteiger partial charge in [0.15, 0.2) is 0 Å². The normalized spacial score (nSPS) is 10.3. The van der Waals surface area contributed by atoms with Crippen LogP contribution in [0, 0.1) is 12.7 Å². The Kier molecular flexibility index (Phi) is 6.97.